The van der Waals surface area contributed by atoms with Crippen molar-refractivity contribution in [2.24, 2.45) is 0 Å². The smallest absolute Gasteiger partial charge is 0.255 e. The minimum atomic E-state index is -0.183. The first-order valence-electron chi connectivity index (χ1n) is 7.75. The fourth-order valence-electron chi connectivity index (χ4n) is 2.91. The molecule has 1 aliphatic carbocycles. The summed E-state index contributed by atoms with van der Waals surface area (Å²) < 4.78 is 7.14. The van der Waals surface area contributed by atoms with Crippen molar-refractivity contribution >= 4 is 11.7 Å². The van der Waals surface area contributed by atoms with Crippen LogP contribution in [0.15, 0.2) is 31.0 Å². The Bertz CT molecular complexity index is 663. The van der Waals surface area contributed by atoms with E-state index >= 15 is 0 Å². The monoisotopic (exact) mass is 315 g/mol. The summed E-state index contributed by atoms with van der Waals surface area (Å²) in [4.78, 5) is 20.6. The van der Waals surface area contributed by atoms with Crippen molar-refractivity contribution in [2.75, 3.05) is 12.8 Å². The number of imidazole rings is 1. The molecule has 0 aromatic carbocycles. The lowest BCUT2D eigenvalue weighted by Crippen LogP contribution is -2.39. The van der Waals surface area contributed by atoms with Crippen molar-refractivity contribution in [2.45, 2.75) is 37.8 Å². The molecule has 1 saturated carbocycles. The van der Waals surface area contributed by atoms with Crippen LogP contribution in [0.25, 0.3) is 5.69 Å². The number of hydrogen-bond donors (Lipinski definition) is 2. The second-order valence-corrected chi connectivity index (χ2v) is 5.78. The van der Waals surface area contributed by atoms with Crippen LogP contribution < -0.4 is 11.1 Å². The van der Waals surface area contributed by atoms with E-state index in [1.54, 1.807) is 42.7 Å². The van der Waals surface area contributed by atoms with Gasteiger partial charge in [0.15, 0.2) is 0 Å². The predicted octanol–water partition coefficient (Wildman–Crippen LogP) is 1.54. The Hall–Kier alpha value is -2.41. The first-order chi connectivity index (χ1) is 11.2. The van der Waals surface area contributed by atoms with Gasteiger partial charge in [0.05, 0.1) is 29.9 Å². The first-order valence-corrected chi connectivity index (χ1v) is 7.75. The van der Waals surface area contributed by atoms with Crippen LogP contribution in [0.2, 0.25) is 0 Å². The van der Waals surface area contributed by atoms with E-state index in [4.69, 9.17) is 10.5 Å². The molecule has 0 bridgehead atoms. The predicted molar refractivity (Wildman–Crippen MR) is 86.3 cm³/mol. The summed E-state index contributed by atoms with van der Waals surface area (Å²) in [6.07, 6.45) is 10.8. The maximum absolute atomic E-state index is 12.5. The maximum atomic E-state index is 12.5. The molecule has 1 fully saturated rings. The molecule has 0 spiro atoms. The lowest BCUT2D eigenvalue weighted by molar-refractivity contribution is 0.0599. The molecule has 2 aromatic heterocycles. The highest BCUT2D eigenvalue weighted by Gasteiger charge is 2.23. The van der Waals surface area contributed by atoms with Gasteiger partial charge in [-0.1, -0.05) is 0 Å². The Kier molecular flexibility index (Phi) is 4.57. The molecular weight excluding hydrogens is 294 g/mol. The quantitative estimate of drug-likeness (QED) is 0.892. The van der Waals surface area contributed by atoms with Crippen molar-refractivity contribution in [3.05, 3.63) is 36.5 Å². The Labute approximate surface area is 134 Å². The average molecular weight is 315 g/mol. The molecule has 23 heavy (non-hydrogen) atoms. The molecule has 0 saturated heterocycles. The molecular formula is C16H21N5O2. The van der Waals surface area contributed by atoms with Crippen LogP contribution in [0.1, 0.15) is 36.0 Å². The molecule has 1 aliphatic rings. The van der Waals surface area contributed by atoms with Gasteiger partial charge < -0.3 is 20.4 Å². The van der Waals surface area contributed by atoms with E-state index in [0.29, 0.717) is 11.7 Å². The van der Waals surface area contributed by atoms with Gasteiger partial charge in [-0.25, -0.2) is 9.97 Å². The molecule has 0 aliphatic heterocycles. The number of methoxy groups -OCH3 is 1. The number of aromatic nitrogens is 3. The van der Waals surface area contributed by atoms with E-state index in [1.165, 1.54) is 0 Å². The topological polar surface area (TPSA) is 95.1 Å². The highest BCUT2D eigenvalue weighted by molar-refractivity contribution is 5.99. The molecule has 7 nitrogen and oxygen atoms in total. The number of pyridine rings is 1. The molecule has 122 valence electrons. The summed E-state index contributed by atoms with van der Waals surface area (Å²) in [6.45, 7) is 0. The molecule has 3 N–H and O–H groups in total. The largest absolute Gasteiger partial charge is 0.383 e. The number of nitrogens with one attached hydrogen (secondary N) is 1. The van der Waals surface area contributed by atoms with Gasteiger partial charge in [-0.05, 0) is 31.7 Å². The Morgan fingerprint density at radius 3 is 2.83 bits per heavy atom. The van der Waals surface area contributed by atoms with Crippen LogP contribution in [0.4, 0.5) is 5.82 Å². The molecule has 0 unspecified atom stereocenters. The van der Waals surface area contributed by atoms with Crippen LogP contribution in [0.5, 0.6) is 0 Å². The molecule has 3 rings (SSSR count). The molecule has 0 atom stereocenters. The van der Waals surface area contributed by atoms with Crippen LogP contribution in [-0.2, 0) is 4.74 Å². The number of anilines is 1. The van der Waals surface area contributed by atoms with Crippen molar-refractivity contribution in [1.82, 2.24) is 19.9 Å². The second-order valence-electron chi connectivity index (χ2n) is 5.78. The van der Waals surface area contributed by atoms with Gasteiger partial charge in [-0.2, -0.15) is 0 Å². The van der Waals surface area contributed by atoms with E-state index in [-0.39, 0.29) is 17.8 Å². The van der Waals surface area contributed by atoms with E-state index in [0.717, 1.165) is 31.4 Å². The van der Waals surface area contributed by atoms with E-state index in [1.807, 2.05) is 0 Å². The van der Waals surface area contributed by atoms with Gasteiger partial charge in [0, 0.05) is 25.5 Å². The zero-order chi connectivity index (χ0) is 16.2. The van der Waals surface area contributed by atoms with Gasteiger partial charge in [-0.15, -0.1) is 0 Å². The van der Waals surface area contributed by atoms with Crippen LogP contribution in [0, 0.1) is 0 Å². The lowest BCUT2D eigenvalue weighted by atomic mass is 9.93. The van der Waals surface area contributed by atoms with Gasteiger partial charge in [-0.3, -0.25) is 4.79 Å². The third-order valence-corrected chi connectivity index (χ3v) is 4.29. The minimum absolute atomic E-state index is 0.158. The molecule has 1 amide bonds. The number of carbonyl (C=O) groups excluding carboxylic acids is 1. The minimum Gasteiger partial charge on any atom is -0.383 e. The zero-order valence-electron chi connectivity index (χ0n) is 13.1. The highest BCUT2D eigenvalue weighted by atomic mass is 16.5. The fraction of sp³-hybridized carbons (Fsp3) is 0.438. The number of ether oxygens (including phenoxy) is 1. The van der Waals surface area contributed by atoms with Crippen molar-refractivity contribution in [3.8, 4) is 5.69 Å². The Morgan fingerprint density at radius 1 is 1.39 bits per heavy atom. The first kappa shape index (κ1) is 15.5. The fourth-order valence-corrected chi connectivity index (χ4v) is 2.91. The summed E-state index contributed by atoms with van der Waals surface area (Å²) in [7, 11) is 1.73. The summed E-state index contributed by atoms with van der Waals surface area (Å²) in [5, 5.41) is 3.05. The summed E-state index contributed by atoms with van der Waals surface area (Å²) in [5.74, 6) is 0.0507. The SMILES string of the molecule is COC1CCC(NC(=O)c2cc(-n3ccnc3)cnc2N)CC1. The van der Waals surface area contributed by atoms with Crippen molar-refractivity contribution in [1.29, 1.82) is 0 Å². The van der Waals surface area contributed by atoms with E-state index in [2.05, 4.69) is 15.3 Å². The Morgan fingerprint density at radius 2 is 2.17 bits per heavy atom. The van der Waals surface area contributed by atoms with Crippen LogP contribution >= 0.6 is 0 Å². The number of amides is 1. The number of hydrogen-bond acceptors (Lipinski definition) is 5. The van der Waals surface area contributed by atoms with E-state index < -0.39 is 0 Å². The van der Waals surface area contributed by atoms with Crippen molar-refractivity contribution < 1.29 is 9.53 Å². The normalized spacial score (nSPS) is 21.1. The maximum Gasteiger partial charge on any atom is 0.255 e. The summed E-state index contributed by atoms with van der Waals surface area (Å²) >= 11 is 0. The van der Waals surface area contributed by atoms with Crippen molar-refractivity contribution in [3.63, 3.8) is 0 Å². The number of nitrogens with zero attached hydrogens (tertiary/aromatic N) is 3. The number of carbonyl (C=O) groups is 1. The Balaban J connectivity index is 1.71. The lowest BCUT2D eigenvalue weighted by Gasteiger charge is -2.28. The number of rotatable bonds is 4. The number of nitrogen functional groups attached to an aromatic ring is 1. The standard InChI is InChI=1S/C16H21N5O2/c1-23-13-4-2-11(3-5-13)20-16(22)14-8-12(9-19-15(14)17)21-7-6-18-10-21/h6-11,13H,2-5H2,1H3,(H2,17,19)(H,20,22). The van der Waals surface area contributed by atoms with Gasteiger partial charge >= 0.3 is 0 Å². The van der Waals surface area contributed by atoms with E-state index in [9.17, 15) is 4.79 Å². The molecule has 2 aromatic rings. The summed E-state index contributed by atoms with van der Waals surface area (Å²) in [5.41, 5.74) is 7.02. The highest BCUT2D eigenvalue weighted by Crippen LogP contribution is 2.22. The zero-order valence-corrected chi connectivity index (χ0v) is 13.1. The average Bonchev–Trinajstić information content (AvgIpc) is 3.10. The van der Waals surface area contributed by atoms with Gasteiger partial charge in [0.2, 0.25) is 0 Å². The molecule has 2 heterocycles. The van der Waals surface area contributed by atoms with Crippen LogP contribution in [-0.4, -0.2) is 39.7 Å². The summed E-state index contributed by atoms with van der Waals surface area (Å²) in [6, 6.07) is 1.89. The number of nitrogens with two attached hydrogens (primary N) is 1. The third kappa shape index (κ3) is 3.50. The van der Waals surface area contributed by atoms with Gasteiger partial charge in [0.25, 0.3) is 5.91 Å². The second kappa shape index (κ2) is 6.78. The molecule has 7 heteroatoms. The van der Waals surface area contributed by atoms with Crippen LogP contribution in [0.3, 0.4) is 0 Å². The van der Waals surface area contributed by atoms with Gasteiger partial charge in [0.1, 0.15) is 5.82 Å². The third-order valence-electron chi connectivity index (χ3n) is 4.29. The molecule has 0 radical (unpaired) electrons.